The van der Waals surface area contributed by atoms with Crippen LogP contribution >= 0.6 is 0 Å². The van der Waals surface area contributed by atoms with Gasteiger partial charge in [0.05, 0.1) is 11.3 Å². The lowest BCUT2D eigenvalue weighted by Gasteiger charge is -2.21. The molecule has 11 nitrogen and oxygen atoms in total. The molecule has 0 aliphatic rings. The molecule has 4 aromatic rings. The largest absolute Gasteiger partial charge is 0.457 e. The molecule has 0 saturated carbocycles. The van der Waals surface area contributed by atoms with Gasteiger partial charge in [0.15, 0.2) is 11.5 Å². The van der Waals surface area contributed by atoms with Crippen molar-refractivity contribution in [3.05, 3.63) is 83.1 Å². The molecule has 2 heterocycles. The third-order valence-corrected chi connectivity index (χ3v) is 6.01. The second kappa shape index (κ2) is 11.8. The molecule has 0 spiro atoms. The van der Waals surface area contributed by atoms with Crippen molar-refractivity contribution in [3.8, 4) is 23.3 Å². The predicted octanol–water partition coefficient (Wildman–Crippen LogP) is 3.73. The number of carbonyl (C=O) groups excluding carboxylic acids is 1. The number of nitrogen functional groups attached to an aromatic ring is 1. The summed E-state index contributed by atoms with van der Waals surface area (Å²) in [6, 6.07) is 17.7. The number of benzene rings is 2. The van der Waals surface area contributed by atoms with E-state index in [0.29, 0.717) is 35.0 Å². The minimum atomic E-state index is -0.791. The Labute approximate surface area is 231 Å². The number of para-hydroxylation sites is 1. The van der Waals surface area contributed by atoms with Crippen LogP contribution in [-0.2, 0) is 16.1 Å². The van der Waals surface area contributed by atoms with Gasteiger partial charge in [-0.3, -0.25) is 13.9 Å². The van der Waals surface area contributed by atoms with Crippen molar-refractivity contribution in [3.63, 3.8) is 0 Å². The molecule has 2 aromatic heterocycles. The third kappa shape index (κ3) is 6.19. The Morgan fingerprint density at radius 1 is 1.15 bits per heavy atom. The zero-order chi connectivity index (χ0) is 28.9. The fourth-order valence-electron chi connectivity index (χ4n) is 4.32. The number of hydrogen-bond donors (Lipinski definition) is 2. The van der Waals surface area contributed by atoms with E-state index in [-0.39, 0.29) is 17.9 Å². The van der Waals surface area contributed by atoms with Crippen LogP contribution in [0.4, 0.5) is 5.82 Å². The second-order valence-electron chi connectivity index (χ2n) is 9.65. The summed E-state index contributed by atoms with van der Waals surface area (Å²) in [5, 5.41) is 12.3. The van der Waals surface area contributed by atoms with Gasteiger partial charge in [-0.1, -0.05) is 18.2 Å². The lowest BCUT2D eigenvalue weighted by Crippen LogP contribution is -2.39. The number of fused-ring (bicyclic) bond motifs is 1. The summed E-state index contributed by atoms with van der Waals surface area (Å²) in [6.45, 7) is 7.61. The van der Waals surface area contributed by atoms with E-state index < -0.39 is 23.2 Å². The third-order valence-electron chi connectivity index (χ3n) is 6.01. The van der Waals surface area contributed by atoms with Gasteiger partial charge in [-0.05, 0) is 70.2 Å². The highest BCUT2D eigenvalue weighted by molar-refractivity contribution is 5.97. The Kier molecular flexibility index (Phi) is 8.31. The molecule has 0 radical (unpaired) electrons. The van der Waals surface area contributed by atoms with Crippen LogP contribution in [0.3, 0.4) is 0 Å². The minimum Gasteiger partial charge on any atom is -0.457 e. The van der Waals surface area contributed by atoms with Gasteiger partial charge in [0.2, 0.25) is 0 Å². The van der Waals surface area contributed by atoms with Gasteiger partial charge in [-0.15, -0.1) is 0 Å². The second-order valence-corrected chi connectivity index (χ2v) is 9.65. The van der Waals surface area contributed by atoms with E-state index in [1.807, 2.05) is 43.3 Å². The molecule has 1 unspecified atom stereocenters. The molecule has 1 atom stereocenters. The molecule has 0 aliphatic heterocycles. The van der Waals surface area contributed by atoms with E-state index in [9.17, 15) is 14.9 Å². The number of rotatable bonds is 10. The zero-order valence-electron chi connectivity index (χ0n) is 22.8. The van der Waals surface area contributed by atoms with Crippen LogP contribution in [0.15, 0.2) is 77.4 Å². The molecule has 4 rings (SSSR count). The van der Waals surface area contributed by atoms with Crippen molar-refractivity contribution >= 4 is 22.9 Å². The predicted molar refractivity (Wildman–Crippen MR) is 151 cm³/mol. The first kappa shape index (κ1) is 28.1. The fourth-order valence-corrected chi connectivity index (χ4v) is 4.32. The molecule has 0 fully saturated rings. The number of ether oxygens (including phenoxy) is 2. The highest BCUT2D eigenvalue weighted by Crippen LogP contribution is 2.25. The number of anilines is 1. The van der Waals surface area contributed by atoms with Crippen molar-refractivity contribution in [1.82, 2.24) is 24.4 Å². The van der Waals surface area contributed by atoms with Gasteiger partial charge in [0, 0.05) is 19.2 Å². The average molecular weight is 542 g/mol. The average Bonchev–Trinajstić information content (AvgIpc) is 3.20. The molecule has 11 heteroatoms. The number of nitriles is 1. The molecular formula is C29H31N7O4. The van der Waals surface area contributed by atoms with E-state index in [1.54, 1.807) is 45.0 Å². The SMILES string of the molecule is CCOC(C)(C)C=C(C#N)C(=O)NC(C)Cn1c(=O)n(-c2ccc(Oc3ccccc3)cc2)c2c(N)ncnc21. The molecule has 2 aromatic carbocycles. The quantitative estimate of drug-likeness (QED) is 0.228. The first-order chi connectivity index (χ1) is 19.1. The van der Waals surface area contributed by atoms with Crippen LogP contribution in [0, 0.1) is 11.3 Å². The van der Waals surface area contributed by atoms with Crippen LogP contribution in [0.2, 0.25) is 0 Å². The van der Waals surface area contributed by atoms with E-state index in [2.05, 4.69) is 15.3 Å². The minimum absolute atomic E-state index is 0.0767. The van der Waals surface area contributed by atoms with Crippen LogP contribution < -0.4 is 21.5 Å². The number of amides is 1. The first-order valence-electron chi connectivity index (χ1n) is 12.8. The number of nitrogens with two attached hydrogens (primary N) is 1. The monoisotopic (exact) mass is 541 g/mol. The highest BCUT2D eigenvalue weighted by Gasteiger charge is 2.23. The summed E-state index contributed by atoms with van der Waals surface area (Å²) in [5.41, 5.74) is 6.11. The van der Waals surface area contributed by atoms with Gasteiger partial charge in [0.1, 0.15) is 35.0 Å². The summed E-state index contributed by atoms with van der Waals surface area (Å²) in [6.07, 6.45) is 2.76. The lowest BCUT2D eigenvalue weighted by atomic mass is 10.0. The standard InChI is InChI=1S/C29H31N7O4/c1-5-39-29(3,4)15-20(16-30)27(37)34-19(2)17-35-26-24(25(31)32-18-33-26)36(28(35)38)21-11-13-23(14-12-21)40-22-9-7-6-8-10-22/h6-15,18-19H,5,17H2,1-4H3,(H,34,37)(H2,31,32,33). The number of imidazole rings is 1. The zero-order valence-corrected chi connectivity index (χ0v) is 22.8. The van der Waals surface area contributed by atoms with Crippen LogP contribution in [0.5, 0.6) is 11.5 Å². The maximum atomic E-state index is 13.7. The van der Waals surface area contributed by atoms with Gasteiger partial charge in [-0.25, -0.2) is 14.8 Å². The summed E-state index contributed by atoms with van der Waals surface area (Å²) < 4.78 is 14.3. The topological polar surface area (TPSA) is 150 Å². The molecular weight excluding hydrogens is 510 g/mol. The molecule has 3 N–H and O–H groups in total. The van der Waals surface area contributed by atoms with E-state index in [1.165, 1.54) is 21.5 Å². The van der Waals surface area contributed by atoms with Gasteiger partial charge in [0.25, 0.3) is 5.91 Å². The summed E-state index contributed by atoms with van der Waals surface area (Å²) in [4.78, 5) is 34.9. The van der Waals surface area contributed by atoms with Crippen LogP contribution in [0.1, 0.15) is 27.7 Å². The molecule has 1 amide bonds. The summed E-state index contributed by atoms with van der Waals surface area (Å²) in [5.74, 6) is 0.854. The van der Waals surface area contributed by atoms with E-state index >= 15 is 0 Å². The fraction of sp³-hybridized carbons (Fsp3) is 0.276. The van der Waals surface area contributed by atoms with E-state index in [0.717, 1.165) is 0 Å². The Bertz CT molecular complexity index is 1630. The van der Waals surface area contributed by atoms with Crippen molar-refractivity contribution < 1.29 is 14.3 Å². The van der Waals surface area contributed by atoms with Gasteiger partial charge >= 0.3 is 5.69 Å². The van der Waals surface area contributed by atoms with Crippen molar-refractivity contribution in [2.24, 2.45) is 0 Å². The Morgan fingerprint density at radius 2 is 1.82 bits per heavy atom. The number of hydrogen-bond acceptors (Lipinski definition) is 8. The number of carbonyl (C=O) groups is 1. The summed E-state index contributed by atoms with van der Waals surface area (Å²) >= 11 is 0. The molecule has 206 valence electrons. The highest BCUT2D eigenvalue weighted by atomic mass is 16.5. The summed E-state index contributed by atoms with van der Waals surface area (Å²) in [7, 11) is 0. The lowest BCUT2D eigenvalue weighted by molar-refractivity contribution is -0.117. The number of aromatic nitrogens is 4. The van der Waals surface area contributed by atoms with Gasteiger partial charge < -0.3 is 20.5 Å². The molecule has 40 heavy (non-hydrogen) atoms. The van der Waals surface area contributed by atoms with Crippen molar-refractivity contribution in [1.29, 1.82) is 5.26 Å². The molecule has 0 bridgehead atoms. The van der Waals surface area contributed by atoms with Crippen LogP contribution in [-0.4, -0.2) is 43.3 Å². The Balaban J connectivity index is 1.62. The van der Waals surface area contributed by atoms with Gasteiger partial charge in [-0.2, -0.15) is 5.26 Å². The van der Waals surface area contributed by atoms with Crippen LogP contribution in [0.25, 0.3) is 16.9 Å². The number of nitrogens with zero attached hydrogens (tertiary/aromatic N) is 5. The van der Waals surface area contributed by atoms with E-state index in [4.69, 9.17) is 15.2 Å². The Hall–Kier alpha value is -4.95. The molecule has 0 saturated heterocycles. The van der Waals surface area contributed by atoms with Crippen molar-refractivity contribution in [2.45, 2.75) is 45.9 Å². The normalized spacial score (nSPS) is 12.6. The van der Waals surface area contributed by atoms with Crippen molar-refractivity contribution in [2.75, 3.05) is 12.3 Å². The maximum Gasteiger partial charge on any atom is 0.335 e. The molecule has 0 aliphatic carbocycles. The smallest absolute Gasteiger partial charge is 0.335 e. The first-order valence-corrected chi connectivity index (χ1v) is 12.8. The Morgan fingerprint density at radius 3 is 2.48 bits per heavy atom. The maximum absolute atomic E-state index is 13.7. The number of nitrogens with one attached hydrogen (secondary N) is 1.